The van der Waals surface area contributed by atoms with Crippen molar-refractivity contribution in [1.29, 1.82) is 0 Å². The molecule has 0 saturated heterocycles. The number of amides is 2. The third-order valence-electron chi connectivity index (χ3n) is 2.19. The maximum Gasteiger partial charge on any atom is 0.316 e. The summed E-state index contributed by atoms with van der Waals surface area (Å²) in [6.45, 7) is 0.718. The monoisotopic (exact) mass is 270 g/mol. The largest absolute Gasteiger partial charge is 0.341 e. The second-order valence-electron chi connectivity index (χ2n) is 3.36. The number of halogens is 1. The van der Waals surface area contributed by atoms with Crippen LogP contribution in [-0.4, -0.2) is 31.6 Å². The Hall–Kier alpha value is -1.03. The lowest BCUT2D eigenvalue weighted by molar-refractivity contribution is 0.211. The van der Waals surface area contributed by atoms with Crippen LogP contribution in [0.25, 0.3) is 0 Å². The van der Waals surface area contributed by atoms with Gasteiger partial charge in [0.1, 0.15) is 0 Å². The fourth-order valence-corrected chi connectivity index (χ4v) is 1.73. The third kappa shape index (κ3) is 3.91. The molecule has 3 nitrogen and oxygen atoms in total. The standard InChI is InChI=1S/C11H15BrN2O/c1-13-11(15)14(2)7-6-9-4-3-5-10(12)8-9/h3-5,8H,6-7H2,1-2H3,(H,13,15). The highest BCUT2D eigenvalue weighted by Crippen LogP contribution is 2.12. The van der Waals surface area contributed by atoms with Crippen molar-refractivity contribution in [1.82, 2.24) is 10.2 Å². The predicted octanol–water partition coefficient (Wildman–Crippen LogP) is 2.26. The van der Waals surface area contributed by atoms with Crippen LogP contribution in [0, 0.1) is 0 Å². The highest BCUT2D eigenvalue weighted by atomic mass is 79.9. The van der Waals surface area contributed by atoms with Gasteiger partial charge in [0.15, 0.2) is 0 Å². The average Bonchev–Trinajstić information content (AvgIpc) is 2.25. The number of hydrogen-bond donors (Lipinski definition) is 1. The van der Waals surface area contributed by atoms with Gasteiger partial charge in [0, 0.05) is 25.1 Å². The first-order chi connectivity index (χ1) is 7.13. The molecule has 1 N–H and O–H groups in total. The Morgan fingerprint density at radius 1 is 1.53 bits per heavy atom. The van der Waals surface area contributed by atoms with Gasteiger partial charge >= 0.3 is 6.03 Å². The number of nitrogens with zero attached hydrogens (tertiary/aromatic N) is 1. The average molecular weight is 271 g/mol. The summed E-state index contributed by atoms with van der Waals surface area (Å²) >= 11 is 3.42. The van der Waals surface area contributed by atoms with Crippen molar-refractivity contribution in [3.63, 3.8) is 0 Å². The molecule has 0 atom stereocenters. The summed E-state index contributed by atoms with van der Waals surface area (Å²) in [5, 5.41) is 2.59. The van der Waals surface area contributed by atoms with E-state index in [9.17, 15) is 4.79 Å². The van der Waals surface area contributed by atoms with Crippen molar-refractivity contribution in [2.75, 3.05) is 20.6 Å². The molecule has 0 aliphatic rings. The summed E-state index contributed by atoms with van der Waals surface area (Å²) in [6.07, 6.45) is 0.864. The van der Waals surface area contributed by atoms with Crippen LogP contribution in [0.5, 0.6) is 0 Å². The molecule has 0 saturated carbocycles. The lowest BCUT2D eigenvalue weighted by atomic mass is 10.1. The number of likely N-dealkylation sites (N-methyl/N-ethyl adjacent to an activating group) is 1. The van der Waals surface area contributed by atoms with Crippen molar-refractivity contribution < 1.29 is 4.79 Å². The lowest BCUT2D eigenvalue weighted by Crippen LogP contribution is -2.36. The van der Waals surface area contributed by atoms with Crippen LogP contribution in [0.1, 0.15) is 5.56 Å². The van der Waals surface area contributed by atoms with Crippen molar-refractivity contribution >= 4 is 22.0 Å². The number of nitrogens with one attached hydrogen (secondary N) is 1. The van der Waals surface area contributed by atoms with Crippen molar-refractivity contribution in [3.8, 4) is 0 Å². The van der Waals surface area contributed by atoms with Crippen molar-refractivity contribution in [2.45, 2.75) is 6.42 Å². The second kappa shape index (κ2) is 5.75. The van der Waals surface area contributed by atoms with E-state index in [2.05, 4.69) is 33.4 Å². The summed E-state index contributed by atoms with van der Waals surface area (Å²) in [5.74, 6) is 0. The number of urea groups is 1. The van der Waals surface area contributed by atoms with E-state index in [0.29, 0.717) is 0 Å². The zero-order valence-corrected chi connectivity index (χ0v) is 10.5. The Balaban J connectivity index is 2.47. The minimum Gasteiger partial charge on any atom is -0.341 e. The Labute approximate surface area is 98.6 Å². The number of rotatable bonds is 3. The highest BCUT2D eigenvalue weighted by Gasteiger charge is 2.05. The third-order valence-corrected chi connectivity index (χ3v) is 2.68. The topological polar surface area (TPSA) is 32.3 Å². The van der Waals surface area contributed by atoms with E-state index >= 15 is 0 Å². The lowest BCUT2D eigenvalue weighted by Gasteiger charge is -2.16. The summed E-state index contributed by atoms with van der Waals surface area (Å²) < 4.78 is 1.07. The van der Waals surface area contributed by atoms with Gasteiger partial charge < -0.3 is 10.2 Å². The molecular formula is C11H15BrN2O. The molecule has 82 valence electrons. The zero-order chi connectivity index (χ0) is 11.3. The Morgan fingerprint density at radius 2 is 2.27 bits per heavy atom. The maximum absolute atomic E-state index is 11.2. The maximum atomic E-state index is 11.2. The van der Waals surface area contributed by atoms with Crippen LogP contribution in [0.3, 0.4) is 0 Å². The molecule has 1 aromatic rings. The fraction of sp³-hybridized carbons (Fsp3) is 0.364. The first kappa shape index (κ1) is 12.0. The summed E-state index contributed by atoms with van der Waals surface area (Å²) in [6, 6.07) is 8.07. The molecular weight excluding hydrogens is 256 g/mol. The number of hydrogen-bond acceptors (Lipinski definition) is 1. The van der Waals surface area contributed by atoms with Gasteiger partial charge in [-0.15, -0.1) is 0 Å². The molecule has 0 radical (unpaired) electrons. The minimum absolute atomic E-state index is 0.0509. The summed E-state index contributed by atoms with van der Waals surface area (Å²) in [5.41, 5.74) is 1.22. The predicted molar refractivity (Wildman–Crippen MR) is 64.9 cm³/mol. The SMILES string of the molecule is CNC(=O)N(C)CCc1cccc(Br)c1. The number of benzene rings is 1. The van der Waals surface area contributed by atoms with Crippen LogP contribution in [0.15, 0.2) is 28.7 Å². The highest BCUT2D eigenvalue weighted by molar-refractivity contribution is 9.10. The van der Waals surface area contributed by atoms with E-state index in [4.69, 9.17) is 0 Å². The molecule has 2 amide bonds. The molecule has 0 heterocycles. The normalized spacial score (nSPS) is 9.80. The number of carbonyl (C=O) groups is 1. The summed E-state index contributed by atoms with van der Waals surface area (Å²) in [7, 11) is 3.43. The minimum atomic E-state index is -0.0509. The Kier molecular flexibility index (Phi) is 4.62. The van der Waals surface area contributed by atoms with E-state index < -0.39 is 0 Å². The van der Waals surface area contributed by atoms with Crippen LogP contribution < -0.4 is 5.32 Å². The molecule has 0 bridgehead atoms. The fourth-order valence-electron chi connectivity index (χ4n) is 1.28. The first-order valence-electron chi connectivity index (χ1n) is 4.81. The molecule has 0 spiro atoms. The van der Waals surface area contributed by atoms with Gasteiger partial charge in [-0.1, -0.05) is 28.1 Å². The van der Waals surface area contributed by atoms with Crippen LogP contribution in [0.2, 0.25) is 0 Å². The smallest absolute Gasteiger partial charge is 0.316 e. The van der Waals surface area contributed by atoms with E-state index in [1.54, 1.807) is 19.0 Å². The van der Waals surface area contributed by atoms with Crippen LogP contribution in [0.4, 0.5) is 4.79 Å². The molecule has 0 unspecified atom stereocenters. The summed E-state index contributed by atoms with van der Waals surface area (Å²) in [4.78, 5) is 12.9. The Morgan fingerprint density at radius 3 is 2.87 bits per heavy atom. The van der Waals surface area contributed by atoms with Crippen LogP contribution in [-0.2, 0) is 6.42 Å². The molecule has 1 rings (SSSR count). The Bertz CT molecular complexity index is 341. The van der Waals surface area contributed by atoms with E-state index in [0.717, 1.165) is 17.4 Å². The first-order valence-corrected chi connectivity index (χ1v) is 5.60. The van der Waals surface area contributed by atoms with Gasteiger partial charge in [0.25, 0.3) is 0 Å². The quantitative estimate of drug-likeness (QED) is 0.898. The second-order valence-corrected chi connectivity index (χ2v) is 4.27. The van der Waals surface area contributed by atoms with Gasteiger partial charge in [0.2, 0.25) is 0 Å². The van der Waals surface area contributed by atoms with Gasteiger partial charge in [0.05, 0.1) is 0 Å². The van der Waals surface area contributed by atoms with Gasteiger partial charge in [-0.2, -0.15) is 0 Å². The molecule has 0 fully saturated rings. The van der Waals surface area contributed by atoms with E-state index in [1.807, 2.05) is 12.1 Å². The van der Waals surface area contributed by atoms with E-state index in [-0.39, 0.29) is 6.03 Å². The molecule has 4 heteroatoms. The zero-order valence-electron chi connectivity index (χ0n) is 8.96. The molecule has 0 aliphatic carbocycles. The van der Waals surface area contributed by atoms with Gasteiger partial charge in [-0.05, 0) is 24.1 Å². The van der Waals surface area contributed by atoms with E-state index in [1.165, 1.54) is 5.56 Å². The van der Waals surface area contributed by atoms with Crippen molar-refractivity contribution in [3.05, 3.63) is 34.3 Å². The van der Waals surface area contributed by atoms with Gasteiger partial charge in [-0.3, -0.25) is 0 Å². The molecule has 15 heavy (non-hydrogen) atoms. The molecule has 0 aliphatic heterocycles. The van der Waals surface area contributed by atoms with Gasteiger partial charge in [-0.25, -0.2) is 4.79 Å². The number of carbonyl (C=O) groups excluding carboxylic acids is 1. The molecule has 0 aromatic heterocycles. The van der Waals surface area contributed by atoms with Crippen LogP contribution >= 0.6 is 15.9 Å². The van der Waals surface area contributed by atoms with Crippen molar-refractivity contribution in [2.24, 2.45) is 0 Å². The molecule has 1 aromatic carbocycles.